The lowest BCUT2D eigenvalue weighted by Gasteiger charge is -2.30. The van der Waals surface area contributed by atoms with Gasteiger partial charge in [-0.05, 0) is 59.9 Å². The van der Waals surface area contributed by atoms with E-state index in [-0.39, 0.29) is 11.8 Å². The first-order valence-electron chi connectivity index (χ1n) is 11.5. The molecule has 0 atom stereocenters. The standard InChI is InChI=1S/C28H33N3O/c1-30(2)26-17-15-23(16-18-26)22-13-11-21(12-14-22)20-31(27-10-6-9-25(29)19-27)28(32)24-7-4-3-5-8-24/h6,9-19,24H,3-5,7-8,20,29H2,1-2H3. The smallest absolute Gasteiger partial charge is 0.230 e. The summed E-state index contributed by atoms with van der Waals surface area (Å²) in [5.74, 6) is 0.332. The highest BCUT2D eigenvalue weighted by Gasteiger charge is 2.27. The molecular weight excluding hydrogens is 394 g/mol. The monoisotopic (exact) mass is 427 g/mol. The van der Waals surface area contributed by atoms with Crippen molar-refractivity contribution in [2.75, 3.05) is 29.6 Å². The summed E-state index contributed by atoms with van der Waals surface area (Å²) >= 11 is 0. The zero-order chi connectivity index (χ0) is 22.5. The minimum Gasteiger partial charge on any atom is -0.399 e. The molecule has 0 aromatic heterocycles. The summed E-state index contributed by atoms with van der Waals surface area (Å²) in [4.78, 5) is 17.5. The van der Waals surface area contributed by atoms with E-state index >= 15 is 0 Å². The lowest BCUT2D eigenvalue weighted by atomic mass is 9.88. The number of benzene rings is 3. The summed E-state index contributed by atoms with van der Waals surface area (Å²) in [6, 6.07) is 24.8. The van der Waals surface area contributed by atoms with Crippen molar-refractivity contribution < 1.29 is 4.79 Å². The zero-order valence-corrected chi connectivity index (χ0v) is 19.1. The van der Waals surface area contributed by atoms with Crippen LogP contribution < -0.4 is 15.5 Å². The second-order valence-corrected chi connectivity index (χ2v) is 8.99. The van der Waals surface area contributed by atoms with E-state index in [1.807, 2.05) is 43.3 Å². The third kappa shape index (κ3) is 5.13. The van der Waals surface area contributed by atoms with E-state index < -0.39 is 0 Å². The number of anilines is 3. The zero-order valence-electron chi connectivity index (χ0n) is 19.1. The van der Waals surface area contributed by atoms with Gasteiger partial charge in [-0.2, -0.15) is 0 Å². The Morgan fingerprint density at radius 2 is 1.47 bits per heavy atom. The molecule has 0 saturated heterocycles. The number of nitrogens with zero attached hydrogens (tertiary/aromatic N) is 2. The summed E-state index contributed by atoms with van der Waals surface area (Å²) in [6.45, 7) is 0.554. The van der Waals surface area contributed by atoms with E-state index in [9.17, 15) is 4.79 Å². The minimum atomic E-state index is 0.111. The highest BCUT2D eigenvalue weighted by molar-refractivity contribution is 5.95. The Labute approximate surface area is 191 Å². The van der Waals surface area contributed by atoms with Crippen LogP contribution in [0.15, 0.2) is 72.8 Å². The van der Waals surface area contributed by atoms with Crippen LogP contribution in [0.3, 0.4) is 0 Å². The molecule has 1 saturated carbocycles. The predicted octanol–water partition coefficient (Wildman–Crippen LogP) is 6.12. The van der Waals surface area contributed by atoms with E-state index in [4.69, 9.17) is 5.73 Å². The maximum atomic E-state index is 13.5. The molecule has 0 unspecified atom stereocenters. The molecular formula is C28H33N3O. The summed E-state index contributed by atoms with van der Waals surface area (Å²) in [6.07, 6.45) is 5.49. The number of amides is 1. The SMILES string of the molecule is CN(C)c1ccc(-c2ccc(CN(C(=O)C3CCCCC3)c3cccc(N)c3)cc2)cc1. The van der Waals surface area contributed by atoms with Gasteiger partial charge in [-0.3, -0.25) is 4.79 Å². The van der Waals surface area contributed by atoms with Crippen LogP contribution in [0.1, 0.15) is 37.7 Å². The van der Waals surface area contributed by atoms with Crippen molar-refractivity contribution in [3.05, 3.63) is 78.4 Å². The van der Waals surface area contributed by atoms with Crippen molar-refractivity contribution >= 4 is 23.0 Å². The third-order valence-corrected chi connectivity index (χ3v) is 6.41. The molecule has 0 bridgehead atoms. The third-order valence-electron chi connectivity index (χ3n) is 6.41. The normalized spacial score (nSPS) is 14.2. The van der Waals surface area contributed by atoms with Gasteiger partial charge >= 0.3 is 0 Å². The molecule has 32 heavy (non-hydrogen) atoms. The summed E-state index contributed by atoms with van der Waals surface area (Å²) < 4.78 is 0. The Hall–Kier alpha value is -3.27. The Balaban J connectivity index is 1.55. The van der Waals surface area contributed by atoms with Gasteiger partial charge in [-0.1, -0.05) is 61.7 Å². The number of nitrogens with two attached hydrogens (primary N) is 1. The number of carbonyl (C=O) groups excluding carboxylic acids is 1. The van der Waals surface area contributed by atoms with Gasteiger partial charge in [0, 0.05) is 37.1 Å². The molecule has 0 spiro atoms. The molecule has 1 amide bonds. The van der Waals surface area contributed by atoms with Gasteiger partial charge in [-0.15, -0.1) is 0 Å². The first-order chi connectivity index (χ1) is 15.5. The lowest BCUT2D eigenvalue weighted by molar-refractivity contribution is -0.123. The van der Waals surface area contributed by atoms with Crippen molar-refractivity contribution in [1.82, 2.24) is 0 Å². The van der Waals surface area contributed by atoms with Crippen LogP contribution in [0.25, 0.3) is 11.1 Å². The molecule has 0 heterocycles. The fraction of sp³-hybridized carbons (Fsp3) is 0.321. The van der Waals surface area contributed by atoms with Crippen LogP contribution in [0, 0.1) is 5.92 Å². The Bertz CT molecular complexity index is 1040. The molecule has 1 fully saturated rings. The molecule has 0 aliphatic heterocycles. The maximum Gasteiger partial charge on any atom is 0.230 e. The molecule has 4 nitrogen and oxygen atoms in total. The van der Waals surface area contributed by atoms with E-state index in [0.29, 0.717) is 12.2 Å². The molecule has 2 N–H and O–H groups in total. The molecule has 3 aromatic carbocycles. The number of carbonyl (C=O) groups is 1. The number of nitrogen functional groups attached to an aromatic ring is 1. The van der Waals surface area contributed by atoms with E-state index in [0.717, 1.165) is 36.9 Å². The predicted molar refractivity (Wildman–Crippen MR) is 135 cm³/mol. The van der Waals surface area contributed by atoms with Crippen molar-refractivity contribution in [2.45, 2.75) is 38.6 Å². The van der Waals surface area contributed by atoms with Crippen LogP contribution in [0.2, 0.25) is 0 Å². The van der Waals surface area contributed by atoms with E-state index in [1.165, 1.54) is 23.2 Å². The molecule has 166 valence electrons. The topological polar surface area (TPSA) is 49.6 Å². The average Bonchev–Trinajstić information content (AvgIpc) is 2.83. The highest BCUT2D eigenvalue weighted by Crippen LogP contribution is 2.30. The van der Waals surface area contributed by atoms with Gasteiger partial charge in [0.25, 0.3) is 0 Å². The molecule has 4 heteroatoms. The molecule has 3 aromatic rings. The first-order valence-corrected chi connectivity index (χ1v) is 11.5. The fourth-order valence-electron chi connectivity index (χ4n) is 4.50. The van der Waals surface area contributed by atoms with E-state index in [2.05, 4.69) is 53.4 Å². The number of hydrogen-bond donors (Lipinski definition) is 1. The van der Waals surface area contributed by atoms with Gasteiger partial charge in [0.05, 0.1) is 6.54 Å². The molecule has 1 aliphatic rings. The fourth-order valence-corrected chi connectivity index (χ4v) is 4.50. The summed E-state index contributed by atoms with van der Waals surface area (Å²) in [5.41, 5.74) is 12.3. The van der Waals surface area contributed by atoms with Gasteiger partial charge in [0.15, 0.2) is 0 Å². The first kappa shape index (κ1) is 21.9. The van der Waals surface area contributed by atoms with Gasteiger partial charge in [-0.25, -0.2) is 0 Å². The van der Waals surface area contributed by atoms with Crippen LogP contribution in [-0.4, -0.2) is 20.0 Å². The highest BCUT2D eigenvalue weighted by atomic mass is 16.2. The molecule has 0 radical (unpaired) electrons. The van der Waals surface area contributed by atoms with E-state index in [1.54, 1.807) is 0 Å². The second kappa shape index (κ2) is 9.90. The summed E-state index contributed by atoms with van der Waals surface area (Å²) in [5, 5.41) is 0. The van der Waals surface area contributed by atoms with Gasteiger partial charge in [0.1, 0.15) is 0 Å². The minimum absolute atomic E-state index is 0.111. The van der Waals surface area contributed by atoms with Crippen molar-refractivity contribution in [2.24, 2.45) is 5.92 Å². The Kier molecular flexibility index (Phi) is 6.79. The summed E-state index contributed by atoms with van der Waals surface area (Å²) in [7, 11) is 4.09. The van der Waals surface area contributed by atoms with Crippen LogP contribution in [-0.2, 0) is 11.3 Å². The van der Waals surface area contributed by atoms with Crippen molar-refractivity contribution in [3.8, 4) is 11.1 Å². The largest absolute Gasteiger partial charge is 0.399 e. The van der Waals surface area contributed by atoms with Crippen LogP contribution in [0.4, 0.5) is 17.1 Å². The molecule has 4 rings (SSSR count). The Morgan fingerprint density at radius 3 is 2.06 bits per heavy atom. The second-order valence-electron chi connectivity index (χ2n) is 8.99. The van der Waals surface area contributed by atoms with Gasteiger partial charge in [0.2, 0.25) is 5.91 Å². The number of rotatable bonds is 6. The average molecular weight is 428 g/mol. The number of hydrogen-bond acceptors (Lipinski definition) is 3. The maximum absolute atomic E-state index is 13.5. The quantitative estimate of drug-likeness (QED) is 0.483. The van der Waals surface area contributed by atoms with Crippen molar-refractivity contribution in [3.63, 3.8) is 0 Å². The Morgan fingerprint density at radius 1 is 0.844 bits per heavy atom. The molecule has 1 aliphatic carbocycles. The lowest BCUT2D eigenvalue weighted by Crippen LogP contribution is -2.36. The van der Waals surface area contributed by atoms with Crippen molar-refractivity contribution in [1.29, 1.82) is 0 Å². The van der Waals surface area contributed by atoms with Crippen LogP contribution >= 0.6 is 0 Å². The van der Waals surface area contributed by atoms with Crippen LogP contribution in [0.5, 0.6) is 0 Å². The van der Waals surface area contributed by atoms with Gasteiger partial charge < -0.3 is 15.5 Å².